The summed E-state index contributed by atoms with van der Waals surface area (Å²) >= 11 is 0. The summed E-state index contributed by atoms with van der Waals surface area (Å²) in [6.07, 6.45) is 0. The molecule has 3 aromatic heterocycles. The first-order valence-corrected chi connectivity index (χ1v) is 12.9. The summed E-state index contributed by atoms with van der Waals surface area (Å²) in [4.78, 5) is 39.3. The fraction of sp³-hybridized carbons (Fsp3) is 0. The molecule has 41 heavy (non-hydrogen) atoms. The number of nitrogens with zero attached hydrogens (tertiary/aromatic N) is 8. The number of fused-ring (bicyclic) bond motifs is 20. The molecule has 2 aliphatic rings. The van der Waals surface area contributed by atoms with Crippen molar-refractivity contribution in [1.29, 1.82) is 0 Å². The van der Waals surface area contributed by atoms with Gasteiger partial charge in [-0.3, -0.25) is 0 Å². The molecule has 0 saturated heterocycles. The van der Waals surface area contributed by atoms with Crippen LogP contribution in [-0.2, 0) is 17.1 Å². The van der Waals surface area contributed by atoms with E-state index in [1.165, 1.54) is 0 Å². The van der Waals surface area contributed by atoms with E-state index in [-0.39, 0.29) is 17.1 Å². The van der Waals surface area contributed by atoms with E-state index < -0.39 is 0 Å². The van der Waals surface area contributed by atoms with Crippen LogP contribution < -0.4 is 9.97 Å². The molecule has 0 fully saturated rings. The first kappa shape index (κ1) is 23.6. The van der Waals surface area contributed by atoms with Gasteiger partial charge in [-0.15, -0.1) is 0 Å². The minimum absolute atomic E-state index is 0. The number of benzene rings is 4. The van der Waals surface area contributed by atoms with Gasteiger partial charge in [0.05, 0.1) is 23.3 Å². The zero-order valence-electron chi connectivity index (χ0n) is 21.1. The largest absolute Gasteiger partial charge is 0.357 e. The van der Waals surface area contributed by atoms with Crippen molar-refractivity contribution in [2.45, 2.75) is 0 Å². The minimum Gasteiger partial charge on any atom is -0.357 e. The molecular weight excluding hydrogens is 560 g/mol. The van der Waals surface area contributed by atoms with Crippen LogP contribution in [0.2, 0.25) is 0 Å². The maximum Gasteiger partial charge on any atom is 0.0927 e. The quantitative estimate of drug-likeness (QED) is 0.199. The predicted octanol–water partition coefficient (Wildman–Crippen LogP) is 6.12. The normalized spacial score (nSPS) is 11.7. The topological polar surface area (TPSA) is 106 Å². The summed E-state index contributed by atoms with van der Waals surface area (Å²) in [5.74, 6) is 2.21. The van der Waals surface area contributed by atoms with Crippen molar-refractivity contribution in [3.63, 3.8) is 0 Å². The van der Waals surface area contributed by atoms with Crippen molar-refractivity contribution >= 4 is 44.1 Å². The molecule has 0 amide bonds. The molecule has 8 nitrogen and oxygen atoms in total. The zero-order chi connectivity index (χ0) is 26.2. The van der Waals surface area contributed by atoms with Crippen molar-refractivity contribution < 1.29 is 17.1 Å². The molecule has 0 atom stereocenters. The SMILES string of the molecule is [Cu].c1ccc2c(c1)-c1nc-2nc2[n-]c(nc3nc(nc4[n-]c(n1)c1ccccc41)-c1ccccc1-3)c1ccccc21. The number of rotatable bonds is 0. The molecule has 8 bridgehead atoms. The third kappa shape index (κ3) is 3.53. The van der Waals surface area contributed by atoms with E-state index >= 15 is 0 Å². The van der Waals surface area contributed by atoms with Gasteiger partial charge in [0.2, 0.25) is 0 Å². The standard InChI is InChI=1S/C32H16N8.Cu/c1-2-10-18-17(9-1)25-33-26(18)38-28-21-13-5-6-14-22(21)30(35-28)40-32-24-16-8-7-15-23(24)31(36-32)39-29-20-12-4-3-11-19(20)27(34-29)37-25;/h1-16H;/q-2;. The Labute approximate surface area is 243 Å². The molecule has 0 aliphatic carbocycles. The monoisotopic (exact) mass is 575 g/mol. The molecule has 0 saturated carbocycles. The van der Waals surface area contributed by atoms with Crippen LogP contribution in [0.4, 0.5) is 0 Å². The van der Waals surface area contributed by atoms with Gasteiger partial charge in [0.1, 0.15) is 0 Å². The second kappa shape index (κ2) is 8.89. The Balaban J connectivity index is 0.00000256. The molecule has 0 N–H and O–H groups in total. The summed E-state index contributed by atoms with van der Waals surface area (Å²) in [5, 5.41) is 3.57. The average Bonchev–Trinajstić information content (AvgIpc) is 3.73. The van der Waals surface area contributed by atoms with Crippen LogP contribution in [0.5, 0.6) is 0 Å². The van der Waals surface area contributed by atoms with Crippen molar-refractivity contribution in [1.82, 2.24) is 39.9 Å². The van der Waals surface area contributed by atoms with E-state index in [0.29, 0.717) is 45.9 Å². The summed E-state index contributed by atoms with van der Waals surface area (Å²) < 4.78 is 0. The first-order chi connectivity index (χ1) is 19.8. The summed E-state index contributed by atoms with van der Waals surface area (Å²) in [7, 11) is 0. The third-order valence-corrected chi connectivity index (χ3v) is 7.33. The van der Waals surface area contributed by atoms with Gasteiger partial charge in [0, 0.05) is 61.9 Å². The average molecular weight is 576 g/mol. The van der Waals surface area contributed by atoms with E-state index in [9.17, 15) is 0 Å². The predicted molar refractivity (Wildman–Crippen MR) is 154 cm³/mol. The van der Waals surface area contributed by atoms with Crippen LogP contribution in [0.15, 0.2) is 97.1 Å². The van der Waals surface area contributed by atoms with Gasteiger partial charge in [-0.1, -0.05) is 97.1 Å². The van der Waals surface area contributed by atoms with E-state index in [1.807, 2.05) is 97.1 Å². The Bertz CT molecular complexity index is 2030. The third-order valence-electron chi connectivity index (χ3n) is 7.33. The van der Waals surface area contributed by atoms with Gasteiger partial charge in [0.25, 0.3) is 0 Å². The smallest absolute Gasteiger partial charge is 0.0927 e. The molecule has 9 heteroatoms. The van der Waals surface area contributed by atoms with Crippen LogP contribution >= 0.6 is 0 Å². The van der Waals surface area contributed by atoms with E-state index in [2.05, 4.69) is 0 Å². The molecule has 197 valence electrons. The Morgan fingerprint density at radius 3 is 0.829 bits per heavy atom. The second-order valence-electron chi connectivity index (χ2n) is 9.67. The van der Waals surface area contributed by atoms with Crippen LogP contribution in [0.3, 0.4) is 0 Å². The van der Waals surface area contributed by atoms with Crippen LogP contribution in [0, 0.1) is 0 Å². The molecule has 7 aromatic rings. The van der Waals surface area contributed by atoms with E-state index in [0.717, 1.165) is 43.8 Å². The van der Waals surface area contributed by atoms with Gasteiger partial charge in [0.15, 0.2) is 0 Å². The molecule has 0 unspecified atom stereocenters. The van der Waals surface area contributed by atoms with Gasteiger partial charge in [-0.25, -0.2) is 9.97 Å². The number of hydrogen-bond donors (Lipinski definition) is 0. The summed E-state index contributed by atoms with van der Waals surface area (Å²) in [5.41, 5.74) is 5.78. The van der Waals surface area contributed by atoms with Gasteiger partial charge in [-0.05, 0) is 21.5 Å². The maximum atomic E-state index is 4.95. The Hall–Kier alpha value is -5.24. The van der Waals surface area contributed by atoms with Crippen LogP contribution in [0.25, 0.3) is 89.7 Å². The molecule has 4 aromatic carbocycles. The zero-order valence-corrected chi connectivity index (χ0v) is 22.1. The van der Waals surface area contributed by atoms with E-state index in [1.54, 1.807) is 0 Å². The Morgan fingerprint density at radius 1 is 0.317 bits per heavy atom. The first-order valence-electron chi connectivity index (χ1n) is 12.9. The van der Waals surface area contributed by atoms with E-state index in [4.69, 9.17) is 39.9 Å². The maximum absolute atomic E-state index is 4.95. The fourth-order valence-corrected chi connectivity index (χ4v) is 5.46. The van der Waals surface area contributed by atoms with Crippen LogP contribution in [0.1, 0.15) is 0 Å². The van der Waals surface area contributed by atoms with Crippen molar-refractivity contribution in [2.24, 2.45) is 0 Å². The van der Waals surface area contributed by atoms with Crippen molar-refractivity contribution in [2.75, 3.05) is 0 Å². The van der Waals surface area contributed by atoms with Crippen molar-refractivity contribution in [3.05, 3.63) is 97.1 Å². The molecule has 2 aliphatic heterocycles. The fourth-order valence-electron chi connectivity index (χ4n) is 5.46. The van der Waals surface area contributed by atoms with Crippen LogP contribution in [-0.4, -0.2) is 29.9 Å². The van der Waals surface area contributed by atoms with Gasteiger partial charge >= 0.3 is 0 Å². The molecule has 5 heterocycles. The molecule has 1 radical (unpaired) electrons. The molecular formula is C32H16CuN8-2. The van der Waals surface area contributed by atoms with Gasteiger partial charge < -0.3 is 29.9 Å². The minimum atomic E-state index is 0. The second-order valence-corrected chi connectivity index (χ2v) is 9.67. The summed E-state index contributed by atoms with van der Waals surface area (Å²) in [6, 6.07) is 31.8. The Morgan fingerprint density at radius 2 is 0.561 bits per heavy atom. The number of hydrogen-bond acceptors (Lipinski definition) is 6. The summed E-state index contributed by atoms with van der Waals surface area (Å²) in [6.45, 7) is 0. The molecule has 0 spiro atoms. The Kier molecular flexibility index (Phi) is 5.12. The molecule has 9 rings (SSSR count). The van der Waals surface area contributed by atoms with Crippen molar-refractivity contribution in [3.8, 4) is 45.6 Å². The van der Waals surface area contributed by atoms with Gasteiger partial charge in [-0.2, -0.15) is 0 Å². The number of aromatic nitrogens is 8.